The maximum Gasteiger partial charge on any atom is 0.303 e. The van der Waals surface area contributed by atoms with Crippen molar-refractivity contribution in [3.63, 3.8) is 0 Å². The van der Waals surface area contributed by atoms with Gasteiger partial charge in [0.2, 0.25) is 0 Å². The topological polar surface area (TPSA) is 26.3 Å². The van der Waals surface area contributed by atoms with Crippen molar-refractivity contribution in [2.75, 3.05) is 5.33 Å². The van der Waals surface area contributed by atoms with Gasteiger partial charge in [0.15, 0.2) is 6.10 Å². The van der Waals surface area contributed by atoms with Gasteiger partial charge in [-0.15, -0.1) is 6.42 Å². The number of carbonyl (C=O) groups excluding carboxylic acids is 1. The average molecular weight is 191 g/mol. The summed E-state index contributed by atoms with van der Waals surface area (Å²) >= 11 is 3.08. The molecule has 0 aromatic carbocycles. The van der Waals surface area contributed by atoms with E-state index < -0.39 is 6.10 Å². The predicted molar refractivity (Wildman–Crippen MR) is 38.2 cm³/mol. The molecule has 0 aromatic rings. The zero-order valence-electron chi connectivity index (χ0n) is 5.06. The molecule has 50 valence electrons. The number of alkyl halides is 1. The van der Waals surface area contributed by atoms with Gasteiger partial charge in [0, 0.05) is 6.92 Å². The lowest BCUT2D eigenvalue weighted by atomic mass is 10.4. The third kappa shape index (κ3) is 4.04. The highest BCUT2D eigenvalue weighted by Crippen LogP contribution is 1.94. The van der Waals surface area contributed by atoms with Crippen LogP contribution in [0, 0.1) is 12.3 Å². The Kier molecular flexibility index (Phi) is 4.16. The van der Waals surface area contributed by atoms with E-state index in [-0.39, 0.29) is 5.97 Å². The number of hydrogen-bond donors (Lipinski definition) is 0. The van der Waals surface area contributed by atoms with Crippen molar-refractivity contribution in [1.82, 2.24) is 0 Å². The third-order valence-corrected chi connectivity index (χ3v) is 1.22. The lowest BCUT2D eigenvalue weighted by Crippen LogP contribution is -2.14. The summed E-state index contributed by atoms with van der Waals surface area (Å²) in [7, 11) is 0. The van der Waals surface area contributed by atoms with Crippen LogP contribution in [0.15, 0.2) is 0 Å². The Morgan fingerprint density at radius 1 is 2.00 bits per heavy atom. The first-order chi connectivity index (χ1) is 4.20. The summed E-state index contributed by atoms with van der Waals surface area (Å²) in [6.07, 6.45) is 4.55. The molecule has 0 saturated carbocycles. The second-order valence-corrected chi connectivity index (χ2v) is 2.07. The first-order valence-electron chi connectivity index (χ1n) is 2.40. The van der Waals surface area contributed by atoms with Gasteiger partial charge in [0.25, 0.3) is 0 Å². The molecule has 3 heteroatoms. The highest BCUT2D eigenvalue weighted by atomic mass is 79.9. The Balaban J connectivity index is 3.60. The number of carbonyl (C=O) groups is 1. The van der Waals surface area contributed by atoms with E-state index in [0.717, 1.165) is 0 Å². The minimum atomic E-state index is -0.428. The third-order valence-electron chi connectivity index (χ3n) is 0.634. The van der Waals surface area contributed by atoms with Gasteiger partial charge >= 0.3 is 5.97 Å². The SMILES string of the molecule is C#CC(CBr)OC(C)=O. The molecule has 0 aliphatic rings. The van der Waals surface area contributed by atoms with Crippen LogP contribution in [0.2, 0.25) is 0 Å². The fraction of sp³-hybridized carbons (Fsp3) is 0.500. The van der Waals surface area contributed by atoms with Gasteiger partial charge in [-0.05, 0) is 0 Å². The molecule has 0 fully saturated rings. The molecule has 0 heterocycles. The molecule has 0 radical (unpaired) electrons. The quantitative estimate of drug-likeness (QED) is 0.369. The van der Waals surface area contributed by atoms with Gasteiger partial charge in [-0.3, -0.25) is 4.79 Å². The molecule has 0 bridgehead atoms. The van der Waals surface area contributed by atoms with Gasteiger partial charge in [0.05, 0.1) is 5.33 Å². The van der Waals surface area contributed by atoms with E-state index in [2.05, 4.69) is 26.6 Å². The molecule has 0 aromatic heterocycles. The van der Waals surface area contributed by atoms with E-state index in [4.69, 9.17) is 6.42 Å². The number of halogens is 1. The van der Waals surface area contributed by atoms with E-state index >= 15 is 0 Å². The molecule has 0 N–H and O–H groups in total. The Morgan fingerprint density at radius 2 is 2.56 bits per heavy atom. The minimum Gasteiger partial charge on any atom is -0.448 e. The average Bonchev–Trinajstić information content (AvgIpc) is 1.82. The van der Waals surface area contributed by atoms with Gasteiger partial charge < -0.3 is 4.74 Å². The monoisotopic (exact) mass is 190 g/mol. The van der Waals surface area contributed by atoms with Crippen LogP contribution in [0.4, 0.5) is 0 Å². The summed E-state index contributed by atoms with van der Waals surface area (Å²) in [5.74, 6) is 1.94. The van der Waals surface area contributed by atoms with Crippen LogP contribution in [-0.4, -0.2) is 17.4 Å². The van der Waals surface area contributed by atoms with Gasteiger partial charge in [-0.2, -0.15) is 0 Å². The number of terminal acetylenes is 1. The molecule has 0 amide bonds. The second-order valence-electron chi connectivity index (χ2n) is 1.42. The summed E-state index contributed by atoms with van der Waals surface area (Å²) in [6, 6.07) is 0. The van der Waals surface area contributed by atoms with Gasteiger partial charge in [-0.1, -0.05) is 21.9 Å². The van der Waals surface area contributed by atoms with E-state index in [1.807, 2.05) is 0 Å². The first-order valence-corrected chi connectivity index (χ1v) is 3.52. The van der Waals surface area contributed by atoms with Gasteiger partial charge in [0.1, 0.15) is 0 Å². The molecule has 0 rings (SSSR count). The van der Waals surface area contributed by atoms with Gasteiger partial charge in [-0.25, -0.2) is 0 Å². The molecule has 0 aliphatic carbocycles. The number of rotatable bonds is 2. The summed E-state index contributed by atoms with van der Waals surface area (Å²) in [4.78, 5) is 10.2. The summed E-state index contributed by atoms with van der Waals surface area (Å²) in [5, 5.41) is 0.489. The predicted octanol–water partition coefficient (Wildman–Crippen LogP) is 0.946. The maximum atomic E-state index is 10.2. The number of esters is 1. The van der Waals surface area contributed by atoms with Crippen LogP contribution in [-0.2, 0) is 9.53 Å². The summed E-state index contributed by atoms with van der Waals surface area (Å²) in [6.45, 7) is 1.33. The molecule has 1 unspecified atom stereocenters. The molecule has 2 nitrogen and oxygen atoms in total. The van der Waals surface area contributed by atoms with Crippen LogP contribution in [0.5, 0.6) is 0 Å². The summed E-state index contributed by atoms with van der Waals surface area (Å²) in [5.41, 5.74) is 0. The Hall–Kier alpha value is -0.490. The fourth-order valence-electron chi connectivity index (χ4n) is 0.310. The van der Waals surface area contributed by atoms with Crippen molar-refractivity contribution in [3.8, 4) is 12.3 Å². The van der Waals surface area contributed by atoms with E-state index in [1.54, 1.807) is 0 Å². The van der Waals surface area contributed by atoms with Crippen molar-refractivity contribution < 1.29 is 9.53 Å². The fourth-order valence-corrected chi connectivity index (χ4v) is 0.629. The lowest BCUT2D eigenvalue weighted by molar-refractivity contribution is -0.142. The molecule has 0 saturated heterocycles. The van der Waals surface area contributed by atoms with Crippen molar-refractivity contribution in [2.24, 2.45) is 0 Å². The Bertz CT molecular complexity index is 136. The maximum absolute atomic E-state index is 10.2. The largest absolute Gasteiger partial charge is 0.448 e. The molecular formula is C6H7BrO2. The molecule has 1 atom stereocenters. The zero-order valence-corrected chi connectivity index (χ0v) is 6.64. The highest BCUT2D eigenvalue weighted by Gasteiger charge is 2.03. The van der Waals surface area contributed by atoms with E-state index in [0.29, 0.717) is 5.33 Å². The number of hydrogen-bond acceptors (Lipinski definition) is 2. The molecule has 0 spiro atoms. The normalized spacial score (nSPS) is 11.7. The second kappa shape index (κ2) is 4.39. The van der Waals surface area contributed by atoms with Crippen LogP contribution >= 0.6 is 15.9 Å². The minimum absolute atomic E-state index is 0.350. The van der Waals surface area contributed by atoms with Crippen molar-refractivity contribution >= 4 is 21.9 Å². The van der Waals surface area contributed by atoms with Crippen molar-refractivity contribution in [3.05, 3.63) is 0 Å². The van der Waals surface area contributed by atoms with E-state index in [1.165, 1.54) is 6.92 Å². The summed E-state index contributed by atoms with van der Waals surface area (Å²) < 4.78 is 4.63. The van der Waals surface area contributed by atoms with Crippen molar-refractivity contribution in [1.29, 1.82) is 0 Å². The molecule has 0 aliphatic heterocycles. The van der Waals surface area contributed by atoms with E-state index in [9.17, 15) is 4.79 Å². The molecular weight excluding hydrogens is 184 g/mol. The Labute approximate surface area is 62.7 Å². The first kappa shape index (κ1) is 8.51. The smallest absolute Gasteiger partial charge is 0.303 e. The van der Waals surface area contributed by atoms with Crippen LogP contribution in [0.3, 0.4) is 0 Å². The van der Waals surface area contributed by atoms with Crippen molar-refractivity contribution in [2.45, 2.75) is 13.0 Å². The lowest BCUT2D eigenvalue weighted by Gasteiger charge is -2.04. The number of ether oxygens (including phenoxy) is 1. The Morgan fingerprint density at radius 3 is 2.67 bits per heavy atom. The highest BCUT2D eigenvalue weighted by molar-refractivity contribution is 9.09. The standard InChI is InChI=1S/C6H7BrO2/c1-3-6(4-7)9-5(2)8/h1,6H,4H2,2H3. The van der Waals surface area contributed by atoms with Crippen LogP contribution in [0.25, 0.3) is 0 Å². The van der Waals surface area contributed by atoms with Crippen LogP contribution in [0.1, 0.15) is 6.92 Å². The molecule has 9 heavy (non-hydrogen) atoms. The zero-order chi connectivity index (χ0) is 7.28. The van der Waals surface area contributed by atoms with Crippen LogP contribution < -0.4 is 0 Å².